The van der Waals surface area contributed by atoms with E-state index >= 15 is 0 Å². The maximum atomic E-state index is 12.2. The third-order valence-corrected chi connectivity index (χ3v) is 4.58. The van der Waals surface area contributed by atoms with Crippen LogP contribution < -0.4 is 15.4 Å². The first-order valence-corrected chi connectivity index (χ1v) is 9.36. The van der Waals surface area contributed by atoms with Gasteiger partial charge in [-0.05, 0) is 67.1 Å². The summed E-state index contributed by atoms with van der Waals surface area (Å²) in [7, 11) is 0. The van der Waals surface area contributed by atoms with Gasteiger partial charge in [0.15, 0.2) is 6.61 Å². The van der Waals surface area contributed by atoms with Crippen molar-refractivity contribution in [2.24, 2.45) is 0 Å². The van der Waals surface area contributed by atoms with Crippen LogP contribution in [-0.4, -0.2) is 24.5 Å². The standard InChI is InChI=1S/C22H26N2O3/c1-14(2)17-5-4-15(3)20(12-17)27-13-21(25)23-18-8-6-16(7-9-18)22(26)24-19-10-11-19/h4-9,12,14,19H,10-11,13H2,1-3H3,(H,23,25)(H,24,26). The number of ether oxygens (including phenoxy) is 1. The number of rotatable bonds is 7. The van der Waals surface area contributed by atoms with Crippen LogP contribution in [0.2, 0.25) is 0 Å². The second-order valence-corrected chi connectivity index (χ2v) is 7.34. The first-order valence-electron chi connectivity index (χ1n) is 9.36. The molecule has 27 heavy (non-hydrogen) atoms. The van der Waals surface area contributed by atoms with E-state index in [9.17, 15) is 9.59 Å². The Kier molecular flexibility index (Phi) is 5.79. The van der Waals surface area contributed by atoms with E-state index in [-0.39, 0.29) is 18.4 Å². The van der Waals surface area contributed by atoms with Gasteiger partial charge in [0.2, 0.25) is 0 Å². The number of carbonyl (C=O) groups is 2. The zero-order valence-electron chi connectivity index (χ0n) is 16.0. The zero-order valence-corrected chi connectivity index (χ0v) is 16.0. The maximum absolute atomic E-state index is 12.2. The third-order valence-electron chi connectivity index (χ3n) is 4.58. The van der Waals surface area contributed by atoms with Crippen LogP contribution in [0.1, 0.15) is 54.1 Å². The lowest BCUT2D eigenvalue weighted by Gasteiger charge is -2.13. The predicted octanol–water partition coefficient (Wildman–Crippen LogP) is 4.03. The Morgan fingerprint density at radius 1 is 1.11 bits per heavy atom. The minimum atomic E-state index is -0.237. The van der Waals surface area contributed by atoms with Crippen molar-refractivity contribution in [2.45, 2.75) is 45.6 Å². The highest BCUT2D eigenvalue weighted by Gasteiger charge is 2.23. The molecule has 0 unspecified atom stereocenters. The summed E-state index contributed by atoms with van der Waals surface area (Å²) in [6.07, 6.45) is 2.11. The summed E-state index contributed by atoms with van der Waals surface area (Å²) in [6, 6.07) is 13.3. The lowest BCUT2D eigenvalue weighted by molar-refractivity contribution is -0.118. The number of nitrogens with one attached hydrogen (secondary N) is 2. The second kappa shape index (κ2) is 8.25. The fourth-order valence-electron chi connectivity index (χ4n) is 2.67. The van der Waals surface area contributed by atoms with Crippen molar-refractivity contribution in [3.8, 4) is 5.75 Å². The SMILES string of the molecule is Cc1ccc(C(C)C)cc1OCC(=O)Nc1ccc(C(=O)NC2CC2)cc1. The summed E-state index contributed by atoms with van der Waals surface area (Å²) < 4.78 is 5.70. The van der Waals surface area contributed by atoms with Gasteiger partial charge in [-0.2, -0.15) is 0 Å². The van der Waals surface area contributed by atoms with Crippen LogP contribution >= 0.6 is 0 Å². The fourth-order valence-corrected chi connectivity index (χ4v) is 2.67. The molecule has 3 rings (SSSR count). The van der Waals surface area contributed by atoms with Crippen molar-refractivity contribution in [2.75, 3.05) is 11.9 Å². The molecular weight excluding hydrogens is 340 g/mol. The van der Waals surface area contributed by atoms with Crippen LogP contribution in [-0.2, 0) is 4.79 Å². The summed E-state index contributed by atoms with van der Waals surface area (Å²) in [6.45, 7) is 6.14. The van der Waals surface area contributed by atoms with Gasteiger partial charge < -0.3 is 15.4 Å². The molecule has 0 atom stereocenters. The van der Waals surface area contributed by atoms with Gasteiger partial charge >= 0.3 is 0 Å². The van der Waals surface area contributed by atoms with Crippen molar-refractivity contribution >= 4 is 17.5 Å². The van der Waals surface area contributed by atoms with Crippen LogP contribution in [0.5, 0.6) is 5.75 Å². The Morgan fingerprint density at radius 2 is 1.81 bits per heavy atom. The lowest BCUT2D eigenvalue weighted by atomic mass is 10.0. The molecular formula is C22H26N2O3. The van der Waals surface area contributed by atoms with Crippen LogP contribution in [0.25, 0.3) is 0 Å². The van der Waals surface area contributed by atoms with E-state index in [4.69, 9.17) is 4.74 Å². The van der Waals surface area contributed by atoms with E-state index in [2.05, 4.69) is 30.5 Å². The molecule has 1 fully saturated rings. The molecule has 0 radical (unpaired) electrons. The largest absolute Gasteiger partial charge is 0.483 e. The number of hydrogen-bond donors (Lipinski definition) is 2. The van der Waals surface area contributed by atoms with Crippen LogP contribution in [0, 0.1) is 6.92 Å². The number of anilines is 1. The predicted molar refractivity (Wildman–Crippen MR) is 106 cm³/mol. The van der Waals surface area contributed by atoms with E-state index in [0.29, 0.717) is 23.2 Å². The van der Waals surface area contributed by atoms with E-state index < -0.39 is 0 Å². The number of amides is 2. The molecule has 2 aromatic rings. The maximum Gasteiger partial charge on any atom is 0.262 e. The normalized spacial score (nSPS) is 13.3. The molecule has 1 aliphatic rings. The van der Waals surface area contributed by atoms with Gasteiger partial charge in [0.1, 0.15) is 5.75 Å². The third kappa shape index (κ3) is 5.33. The smallest absolute Gasteiger partial charge is 0.262 e. The molecule has 5 nitrogen and oxygen atoms in total. The quantitative estimate of drug-likeness (QED) is 0.777. The summed E-state index contributed by atoms with van der Waals surface area (Å²) in [4.78, 5) is 24.1. The Bertz CT molecular complexity index is 824. The topological polar surface area (TPSA) is 67.4 Å². The molecule has 0 bridgehead atoms. The molecule has 2 N–H and O–H groups in total. The molecule has 0 aromatic heterocycles. The van der Waals surface area contributed by atoms with Crippen LogP contribution in [0.15, 0.2) is 42.5 Å². The number of benzene rings is 2. The van der Waals surface area contributed by atoms with E-state index in [1.54, 1.807) is 24.3 Å². The monoisotopic (exact) mass is 366 g/mol. The highest BCUT2D eigenvalue weighted by atomic mass is 16.5. The molecule has 1 aliphatic carbocycles. The summed E-state index contributed by atoms with van der Waals surface area (Å²) in [5.41, 5.74) is 3.41. The molecule has 0 spiro atoms. The van der Waals surface area contributed by atoms with Crippen LogP contribution in [0.4, 0.5) is 5.69 Å². The first kappa shape index (κ1) is 19.0. The van der Waals surface area contributed by atoms with E-state index in [1.807, 2.05) is 19.1 Å². The van der Waals surface area contributed by atoms with Crippen LogP contribution in [0.3, 0.4) is 0 Å². The highest BCUT2D eigenvalue weighted by Crippen LogP contribution is 2.24. The Labute approximate surface area is 160 Å². The highest BCUT2D eigenvalue weighted by molar-refractivity contribution is 5.96. The molecule has 0 aliphatic heterocycles. The van der Waals surface area contributed by atoms with E-state index in [1.165, 1.54) is 5.56 Å². The summed E-state index contributed by atoms with van der Waals surface area (Å²) in [5, 5.41) is 5.73. The number of aryl methyl sites for hydroxylation is 1. The van der Waals surface area contributed by atoms with Crippen molar-refractivity contribution < 1.29 is 14.3 Å². The molecule has 142 valence electrons. The van der Waals surface area contributed by atoms with Gasteiger partial charge in [0, 0.05) is 17.3 Å². The van der Waals surface area contributed by atoms with Crippen molar-refractivity contribution in [1.82, 2.24) is 5.32 Å². The average molecular weight is 366 g/mol. The van der Waals surface area contributed by atoms with E-state index in [0.717, 1.165) is 24.2 Å². The zero-order chi connectivity index (χ0) is 19.4. The van der Waals surface area contributed by atoms with Gasteiger partial charge in [-0.25, -0.2) is 0 Å². The molecule has 0 heterocycles. The van der Waals surface area contributed by atoms with Gasteiger partial charge in [0.25, 0.3) is 11.8 Å². The van der Waals surface area contributed by atoms with Gasteiger partial charge in [0.05, 0.1) is 0 Å². The Hall–Kier alpha value is -2.82. The van der Waals surface area contributed by atoms with Crippen molar-refractivity contribution in [1.29, 1.82) is 0 Å². The lowest BCUT2D eigenvalue weighted by Crippen LogP contribution is -2.25. The fraction of sp³-hybridized carbons (Fsp3) is 0.364. The minimum absolute atomic E-state index is 0.0632. The average Bonchev–Trinajstić information content (AvgIpc) is 3.45. The molecule has 0 saturated heterocycles. The Balaban J connectivity index is 1.53. The number of carbonyl (C=O) groups excluding carboxylic acids is 2. The van der Waals surface area contributed by atoms with Crippen molar-refractivity contribution in [3.63, 3.8) is 0 Å². The second-order valence-electron chi connectivity index (χ2n) is 7.34. The molecule has 5 heteroatoms. The van der Waals surface area contributed by atoms with Gasteiger partial charge in [-0.3, -0.25) is 9.59 Å². The first-order chi connectivity index (χ1) is 12.9. The Morgan fingerprint density at radius 3 is 2.44 bits per heavy atom. The summed E-state index contributed by atoms with van der Waals surface area (Å²) in [5.74, 6) is 0.819. The van der Waals surface area contributed by atoms with Gasteiger partial charge in [-0.15, -0.1) is 0 Å². The molecule has 2 amide bonds. The van der Waals surface area contributed by atoms with Crippen molar-refractivity contribution in [3.05, 3.63) is 59.2 Å². The number of hydrogen-bond acceptors (Lipinski definition) is 3. The summed E-state index contributed by atoms with van der Waals surface area (Å²) >= 11 is 0. The molecule has 2 aromatic carbocycles. The molecule has 1 saturated carbocycles. The van der Waals surface area contributed by atoms with Gasteiger partial charge in [-0.1, -0.05) is 26.0 Å². The minimum Gasteiger partial charge on any atom is -0.483 e.